The summed E-state index contributed by atoms with van der Waals surface area (Å²) in [6.45, 7) is 6.67. The van der Waals surface area contributed by atoms with Crippen molar-refractivity contribution in [1.82, 2.24) is 14.9 Å². The molecular formula is C12H16Br2N4O. The Kier molecular flexibility index (Phi) is 4.45. The standard InChI is InChI=1S/C12H16Br2N4O/c1-12(2,14)10(19)17-3-5-18(6-4-17)11-15-7-9(13)8-16-11/h7-8H,3-6H2,1-2H3. The summed E-state index contributed by atoms with van der Waals surface area (Å²) in [7, 11) is 0. The van der Waals surface area contributed by atoms with E-state index in [0.717, 1.165) is 17.6 Å². The van der Waals surface area contributed by atoms with Crippen molar-refractivity contribution in [2.45, 2.75) is 18.2 Å². The largest absolute Gasteiger partial charge is 0.338 e. The molecule has 0 aromatic carbocycles. The molecule has 0 radical (unpaired) electrons. The SMILES string of the molecule is CC(C)(Br)C(=O)N1CCN(c2ncc(Br)cn2)CC1. The van der Waals surface area contributed by atoms with E-state index in [1.807, 2.05) is 18.7 Å². The second-order valence-corrected chi connectivity index (χ2v) is 7.85. The van der Waals surface area contributed by atoms with Gasteiger partial charge in [0.1, 0.15) is 0 Å². The summed E-state index contributed by atoms with van der Waals surface area (Å²) in [4.78, 5) is 24.7. The second kappa shape index (κ2) is 5.75. The van der Waals surface area contributed by atoms with E-state index in [2.05, 4.69) is 46.7 Å². The molecule has 1 fully saturated rings. The molecule has 0 aliphatic carbocycles. The molecule has 7 heteroatoms. The molecule has 1 aromatic heterocycles. The van der Waals surface area contributed by atoms with Crippen LogP contribution in [-0.2, 0) is 4.79 Å². The van der Waals surface area contributed by atoms with E-state index in [4.69, 9.17) is 0 Å². The number of hydrogen-bond acceptors (Lipinski definition) is 4. The van der Waals surface area contributed by atoms with Gasteiger partial charge in [-0.3, -0.25) is 4.79 Å². The van der Waals surface area contributed by atoms with Crippen LogP contribution in [-0.4, -0.2) is 51.3 Å². The number of carbonyl (C=O) groups is 1. The Morgan fingerprint density at radius 2 is 1.74 bits per heavy atom. The summed E-state index contributed by atoms with van der Waals surface area (Å²) >= 11 is 6.73. The van der Waals surface area contributed by atoms with Gasteiger partial charge in [-0.2, -0.15) is 0 Å². The fraction of sp³-hybridized carbons (Fsp3) is 0.583. The van der Waals surface area contributed by atoms with Gasteiger partial charge >= 0.3 is 0 Å². The third kappa shape index (κ3) is 3.66. The minimum atomic E-state index is -0.497. The van der Waals surface area contributed by atoms with Crippen LogP contribution in [0.25, 0.3) is 0 Å². The lowest BCUT2D eigenvalue weighted by molar-refractivity contribution is -0.133. The molecule has 5 nitrogen and oxygen atoms in total. The van der Waals surface area contributed by atoms with Crippen LogP contribution < -0.4 is 4.90 Å². The third-order valence-electron chi connectivity index (χ3n) is 2.96. The average molecular weight is 392 g/mol. The predicted molar refractivity (Wildman–Crippen MR) is 81.5 cm³/mol. The molecule has 0 atom stereocenters. The molecule has 2 rings (SSSR count). The number of carbonyl (C=O) groups excluding carboxylic acids is 1. The van der Waals surface area contributed by atoms with Crippen LogP contribution in [0, 0.1) is 0 Å². The van der Waals surface area contributed by atoms with Gasteiger partial charge in [-0.15, -0.1) is 0 Å². The van der Waals surface area contributed by atoms with Crippen LogP contribution in [0.2, 0.25) is 0 Å². The molecule has 1 aromatic rings. The Morgan fingerprint density at radius 3 is 2.21 bits per heavy atom. The van der Waals surface area contributed by atoms with Crippen molar-refractivity contribution in [1.29, 1.82) is 0 Å². The summed E-state index contributed by atoms with van der Waals surface area (Å²) in [5, 5.41) is 0. The normalized spacial score (nSPS) is 16.6. The van der Waals surface area contributed by atoms with E-state index in [-0.39, 0.29) is 5.91 Å². The van der Waals surface area contributed by atoms with Crippen molar-refractivity contribution in [3.05, 3.63) is 16.9 Å². The Morgan fingerprint density at radius 1 is 1.21 bits per heavy atom. The lowest BCUT2D eigenvalue weighted by atomic mass is 10.1. The zero-order chi connectivity index (χ0) is 14.0. The summed E-state index contributed by atoms with van der Waals surface area (Å²) in [6, 6.07) is 0. The van der Waals surface area contributed by atoms with Gasteiger partial charge in [-0.05, 0) is 29.8 Å². The van der Waals surface area contributed by atoms with Gasteiger partial charge in [0, 0.05) is 38.6 Å². The fourth-order valence-electron chi connectivity index (χ4n) is 1.95. The van der Waals surface area contributed by atoms with Crippen LogP contribution in [0.1, 0.15) is 13.8 Å². The summed E-state index contributed by atoms with van der Waals surface area (Å²) in [5.41, 5.74) is 0. The quantitative estimate of drug-likeness (QED) is 0.724. The molecule has 1 amide bonds. The van der Waals surface area contributed by atoms with E-state index < -0.39 is 4.32 Å². The van der Waals surface area contributed by atoms with E-state index >= 15 is 0 Å². The zero-order valence-corrected chi connectivity index (χ0v) is 14.1. The molecule has 19 heavy (non-hydrogen) atoms. The van der Waals surface area contributed by atoms with Gasteiger partial charge in [0.2, 0.25) is 11.9 Å². The molecule has 0 N–H and O–H groups in total. The minimum Gasteiger partial charge on any atom is -0.338 e. The van der Waals surface area contributed by atoms with E-state index in [1.165, 1.54) is 0 Å². The summed E-state index contributed by atoms with van der Waals surface area (Å²) in [6.07, 6.45) is 3.48. The number of nitrogens with zero attached hydrogens (tertiary/aromatic N) is 4. The van der Waals surface area contributed by atoms with E-state index in [9.17, 15) is 4.79 Å². The Labute approximate surface area is 129 Å². The zero-order valence-electron chi connectivity index (χ0n) is 10.9. The molecule has 1 aliphatic heterocycles. The number of halogens is 2. The molecule has 0 bridgehead atoms. The van der Waals surface area contributed by atoms with Gasteiger partial charge in [0.15, 0.2) is 0 Å². The van der Waals surface area contributed by atoms with Crippen LogP contribution in [0.5, 0.6) is 0 Å². The highest BCUT2D eigenvalue weighted by atomic mass is 79.9. The first-order valence-corrected chi connectivity index (χ1v) is 7.67. The topological polar surface area (TPSA) is 49.3 Å². The number of alkyl halides is 1. The Hall–Kier alpha value is -0.690. The molecule has 1 saturated heterocycles. The highest BCUT2D eigenvalue weighted by Crippen LogP contribution is 2.21. The number of rotatable bonds is 2. The Balaban J connectivity index is 1.96. The first-order chi connectivity index (χ1) is 8.88. The molecule has 1 aliphatic rings. The maximum atomic E-state index is 12.1. The maximum Gasteiger partial charge on any atom is 0.239 e. The number of anilines is 1. The highest BCUT2D eigenvalue weighted by molar-refractivity contribution is 9.10. The van der Waals surface area contributed by atoms with Gasteiger partial charge in [-0.1, -0.05) is 15.9 Å². The molecule has 0 unspecified atom stereocenters. The molecule has 0 spiro atoms. The third-order valence-corrected chi connectivity index (χ3v) is 3.71. The first kappa shape index (κ1) is 14.7. The average Bonchev–Trinajstić information content (AvgIpc) is 2.38. The molecular weight excluding hydrogens is 376 g/mol. The summed E-state index contributed by atoms with van der Waals surface area (Å²) in [5.74, 6) is 0.845. The van der Waals surface area contributed by atoms with Crippen molar-refractivity contribution in [3.8, 4) is 0 Å². The van der Waals surface area contributed by atoms with Crippen LogP contribution in [0.15, 0.2) is 16.9 Å². The first-order valence-electron chi connectivity index (χ1n) is 6.09. The van der Waals surface area contributed by atoms with Crippen molar-refractivity contribution >= 4 is 43.7 Å². The lowest BCUT2D eigenvalue weighted by Gasteiger charge is -2.37. The smallest absolute Gasteiger partial charge is 0.239 e. The van der Waals surface area contributed by atoms with Gasteiger partial charge in [-0.25, -0.2) is 9.97 Å². The van der Waals surface area contributed by atoms with Crippen LogP contribution >= 0.6 is 31.9 Å². The van der Waals surface area contributed by atoms with E-state index in [1.54, 1.807) is 12.4 Å². The highest BCUT2D eigenvalue weighted by Gasteiger charge is 2.31. The lowest BCUT2D eigenvalue weighted by Crippen LogP contribution is -2.53. The number of hydrogen-bond donors (Lipinski definition) is 0. The Bertz CT molecular complexity index is 450. The fourth-order valence-corrected chi connectivity index (χ4v) is 2.41. The maximum absolute atomic E-state index is 12.1. The molecule has 2 heterocycles. The van der Waals surface area contributed by atoms with Gasteiger partial charge in [0.25, 0.3) is 0 Å². The van der Waals surface area contributed by atoms with Gasteiger partial charge in [0.05, 0.1) is 8.80 Å². The van der Waals surface area contributed by atoms with Crippen molar-refractivity contribution < 1.29 is 4.79 Å². The number of piperazine rings is 1. The van der Waals surface area contributed by atoms with Gasteiger partial charge < -0.3 is 9.80 Å². The second-order valence-electron chi connectivity index (χ2n) is 4.95. The van der Waals surface area contributed by atoms with Crippen LogP contribution in [0.3, 0.4) is 0 Å². The van der Waals surface area contributed by atoms with Crippen LogP contribution in [0.4, 0.5) is 5.95 Å². The number of aromatic nitrogens is 2. The minimum absolute atomic E-state index is 0.129. The monoisotopic (exact) mass is 390 g/mol. The summed E-state index contributed by atoms with van der Waals surface area (Å²) < 4.78 is 0.370. The predicted octanol–water partition coefficient (Wildman–Crippen LogP) is 2.06. The van der Waals surface area contributed by atoms with Crippen molar-refractivity contribution in [2.24, 2.45) is 0 Å². The van der Waals surface area contributed by atoms with Crippen molar-refractivity contribution in [2.75, 3.05) is 31.1 Å². The van der Waals surface area contributed by atoms with Crippen molar-refractivity contribution in [3.63, 3.8) is 0 Å². The molecule has 104 valence electrons. The van der Waals surface area contributed by atoms with E-state index in [0.29, 0.717) is 19.0 Å². The molecule has 0 saturated carbocycles. The number of amides is 1.